The first-order chi connectivity index (χ1) is 14.8. The lowest BCUT2D eigenvalue weighted by Gasteiger charge is -2.31. The Hall–Kier alpha value is -3.78. The number of carbonyl (C=O) groups excluding carboxylic acids is 1. The predicted octanol–water partition coefficient (Wildman–Crippen LogP) is 2.18. The van der Waals surface area contributed by atoms with E-state index >= 15 is 0 Å². The van der Waals surface area contributed by atoms with Gasteiger partial charge in [0, 0.05) is 22.6 Å². The smallest absolute Gasteiger partial charge is 0.343 e. The van der Waals surface area contributed by atoms with Crippen LogP contribution in [-0.2, 0) is 33.1 Å². The fourth-order valence-corrected chi connectivity index (χ4v) is 4.28. The van der Waals surface area contributed by atoms with Gasteiger partial charge < -0.3 is 19.5 Å². The quantitative estimate of drug-likeness (QED) is 0.387. The summed E-state index contributed by atoms with van der Waals surface area (Å²) in [5.74, 6) is -1.78. The molecule has 8 nitrogen and oxygen atoms in total. The average Bonchev–Trinajstić information content (AvgIpc) is 3.11. The minimum absolute atomic E-state index is 0.0897. The van der Waals surface area contributed by atoms with Crippen molar-refractivity contribution in [2.75, 3.05) is 0 Å². The van der Waals surface area contributed by atoms with Gasteiger partial charge in [0.15, 0.2) is 5.60 Å². The molecule has 4 heterocycles. The number of carbonyl (C=O) groups is 2. The Morgan fingerprint density at radius 3 is 2.84 bits per heavy atom. The number of hydrogen-bond acceptors (Lipinski definition) is 6. The van der Waals surface area contributed by atoms with Gasteiger partial charge in [-0.05, 0) is 42.3 Å². The van der Waals surface area contributed by atoms with Gasteiger partial charge in [0.1, 0.15) is 6.61 Å². The second kappa shape index (κ2) is 6.61. The molecule has 156 valence electrons. The van der Waals surface area contributed by atoms with Gasteiger partial charge in [-0.3, -0.25) is 4.79 Å². The number of carboxylic acid groups (broad SMARTS) is 1. The predicted molar refractivity (Wildman–Crippen MR) is 111 cm³/mol. The molecule has 0 spiro atoms. The third-order valence-electron chi connectivity index (χ3n) is 5.95. The maximum Gasteiger partial charge on any atom is 0.343 e. The zero-order valence-electron chi connectivity index (χ0n) is 16.6. The highest BCUT2D eigenvalue weighted by Crippen LogP contribution is 2.38. The summed E-state index contributed by atoms with van der Waals surface area (Å²) in [5, 5.41) is 20.5. The topological polar surface area (TPSA) is 119 Å². The van der Waals surface area contributed by atoms with Crippen LogP contribution in [0.4, 0.5) is 0 Å². The molecule has 3 aromatic rings. The molecule has 31 heavy (non-hydrogen) atoms. The van der Waals surface area contributed by atoms with E-state index in [0.717, 1.165) is 22.6 Å². The summed E-state index contributed by atoms with van der Waals surface area (Å²) >= 11 is 0. The van der Waals surface area contributed by atoms with Crippen LogP contribution in [0, 0.1) is 0 Å². The Kier molecular flexibility index (Phi) is 4.10. The van der Waals surface area contributed by atoms with Crippen molar-refractivity contribution in [3.05, 3.63) is 69.0 Å². The van der Waals surface area contributed by atoms with Gasteiger partial charge in [-0.25, -0.2) is 14.6 Å². The monoisotopic (exact) mass is 418 g/mol. The molecule has 0 radical (unpaired) electrons. The van der Waals surface area contributed by atoms with Crippen molar-refractivity contribution in [3.8, 4) is 11.4 Å². The van der Waals surface area contributed by atoms with Crippen LogP contribution >= 0.6 is 0 Å². The van der Waals surface area contributed by atoms with Gasteiger partial charge in [0.25, 0.3) is 5.56 Å². The molecule has 8 heteroatoms. The van der Waals surface area contributed by atoms with E-state index in [1.54, 1.807) is 29.7 Å². The molecule has 2 aliphatic rings. The molecule has 5 rings (SSSR count). The molecule has 0 saturated heterocycles. The zero-order chi connectivity index (χ0) is 21.9. The van der Waals surface area contributed by atoms with Crippen molar-refractivity contribution in [1.29, 1.82) is 0 Å². The van der Waals surface area contributed by atoms with Gasteiger partial charge in [-0.15, -0.1) is 0 Å². The number of esters is 1. The molecule has 0 fully saturated rings. The Morgan fingerprint density at radius 1 is 1.29 bits per heavy atom. The zero-order valence-corrected chi connectivity index (χ0v) is 16.6. The number of benzene rings is 1. The van der Waals surface area contributed by atoms with Crippen molar-refractivity contribution < 1.29 is 24.5 Å². The summed E-state index contributed by atoms with van der Waals surface area (Å²) in [6.45, 7) is 1.81. The lowest BCUT2D eigenvalue weighted by molar-refractivity contribution is -0.172. The second-order valence-corrected chi connectivity index (χ2v) is 7.72. The van der Waals surface area contributed by atoms with Gasteiger partial charge >= 0.3 is 11.9 Å². The standard InChI is InChI=1S/C23H18N2O6/c1-2-23(30)16-9-18-20-14(10-25(18)21(28)15(16)11-31-22(23)29)8-13-7-12(4-6-19(26)27)3-5-17(13)24-20/h3-9,30H,2,10-11H2,1H3,(H,26,27)/t23-/m0/s1. The third-order valence-corrected chi connectivity index (χ3v) is 5.95. The fraction of sp³-hybridized carbons (Fsp3) is 0.217. The lowest BCUT2D eigenvalue weighted by atomic mass is 9.86. The molecular formula is C23H18N2O6. The maximum atomic E-state index is 13.1. The number of ether oxygens (including phenoxy) is 1. The SMILES string of the molecule is CC[C@@]1(O)C(=O)OCc2c1cc1n(c2=O)Cc2cc3cc(C=CC(=O)O)ccc3nc2-1. The summed E-state index contributed by atoms with van der Waals surface area (Å²) < 4.78 is 6.66. The van der Waals surface area contributed by atoms with Gasteiger partial charge in [-0.1, -0.05) is 13.0 Å². The van der Waals surface area contributed by atoms with E-state index < -0.39 is 17.5 Å². The molecular weight excluding hydrogens is 400 g/mol. The van der Waals surface area contributed by atoms with Crippen LogP contribution < -0.4 is 5.56 Å². The van der Waals surface area contributed by atoms with Crippen molar-refractivity contribution in [2.45, 2.75) is 32.1 Å². The first-order valence-electron chi connectivity index (χ1n) is 9.83. The van der Waals surface area contributed by atoms with Crippen LogP contribution in [-0.4, -0.2) is 31.7 Å². The Balaban J connectivity index is 1.68. The summed E-state index contributed by atoms with van der Waals surface area (Å²) in [7, 11) is 0. The van der Waals surface area contributed by atoms with Crippen molar-refractivity contribution >= 4 is 28.9 Å². The summed E-state index contributed by atoms with van der Waals surface area (Å²) in [4.78, 5) is 40.9. The van der Waals surface area contributed by atoms with Crippen LogP contribution in [0.3, 0.4) is 0 Å². The molecule has 1 atom stereocenters. The number of pyridine rings is 2. The van der Waals surface area contributed by atoms with Crippen LogP contribution in [0.5, 0.6) is 0 Å². The summed E-state index contributed by atoms with van der Waals surface area (Å²) in [6.07, 6.45) is 2.66. The number of rotatable bonds is 3. The minimum atomic E-state index is -1.85. The molecule has 2 N–H and O–H groups in total. The van der Waals surface area contributed by atoms with Crippen molar-refractivity contribution in [1.82, 2.24) is 9.55 Å². The number of aliphatic carboxylic acids is 1. The van der Waals surface area contributed by atoms with Crippen molar-refractivity contribution in [3.63, 3.8) is 0 Å². The largest absolute Gasteiger partial charge is 0.478 e. The minimum Gasteiger partial charge on any atom is -0.478 e. The summed E-state index contributed by atoms with van der Waals surface area (Å²) in [5.41, 5.74) is 1.83. The number of aliphatic hydroxyl groups is 1. The highest BCUT2D eigenvalue weighted by Gasteiger charge is 2.45. The molecule has 0 unspecified atom stereocenters. The van der Waals surface area contributed by atoms with E-state index in [9.17, 15) is 19.5 Å². The molecule has 1 aromatic carbocycles. The summed E-state index contributed by atoms with van der Waals surface area (Å²) in [6, 6.07) is 8.99. The number of cyclic esters (lactones) is 1. The molecule has 0 amide bonds. The van der Waals surface area contributed by atoms with E-state index in [4.69, 9.17) is 14.8 Å². The molecule has 2 aromatic heterocycles. The Morgan fingerprint density at radius 2 is 2.10 bits per heavy atom. The van der Waals surface area contributed by atoms with Gasteiger partial charge in [0.2, 0.25) is 0 Å². The van der Waals surface area contributed by atoms with E-state index in [-0.39, 0.29) is 29.7 Å². The van der Waals surface area contributed by atoms with Crippen LogP contribution in [0.1, 0.15) is 35.6 Å². The van der Waals surface area contributed by atoms with E-state index in [0.29, 0.717) is 23.4 Å². The first-order valence-corrected chi connectivity index (χ1v) is 9.83. The molecule has 0 aliphatic carbocycles. The Bertz CT molecular complexity index is 1390. The van der Waals surface area contributed by atoms with Crippen LogP contribution in [0.15, 0.2) is 41.2 Å². The van der Waals surface area contributed by atoms with E-state index in [2.05, 4.69) is 0 Å². The lowest BCUT2D eigenvalue weighted by Crippen LogP contribution is -2.44. The van der Waals surface area contributed by atoms with Gasteiger partial charge in [0.05, 0.1) is 29.0 Å². The maximum absolute atomic E-state index is 13.1. The van der Waals surface area contributed by atoms with E-state index in [1.165, 1.54) is 6.08 Å². The van der Waals surface area contributed by atoms with E-state index in [1.807, 2.05) is 12.1 Å². The number of fused-ring (bicyclic) bond motifs is 5. The molecule has 0 saturated carbocycles. The van der Waals surface area contributed by atoms with Crippen molar-refractivity contribution in [2.24, 2.45) is 0 Å². The first kappa shape index (κ1) is 19.2. The highest BCUT2D eigenvalue weighted by molar-refractivity contribution is 5.89. The highest BCUT2D eigenvalue weighted by atomic mass is 16.6. The fourth-order valence-electron chi connectivity index (χ4n) is 4.28. The molecule has 2 aliphatic heterocycles. The second-order valence-electron chi connectivity index (χ2n) is 7.72. The molecule has 0 bridgehead atoms. The number of carboxylic acids is 1. The average molecular weight is 418 g/mol. The third kappa shape index (κ3) is 2.79. The Labute approximate surface area is 176 Å². The number of hydrogen-bond donors (Lipinski definition) is 2. The normalized spacial score (nSPS) is 19.2. The van der Waals surface area contributed by atoms with Crippen LogP contribution in [0.2, 0.25) is 0 Å². The van der Waals surface area contributed by atoms with Gasteiger partial charge in [-0.2, -0.15) is 0 Å². The van der Waals surface area contributed by atoms with Crippen LogP contribution in [0.25, 0.3) is 28.4 Å². The number of aromatic nitrogens is 2. The number of nitrogens with zero attached hydrogens (tertiary/aromatic N) is 2.